The summed E-state index contributed by atoms with van der Waals surface area (Å²) in [5.41, 5.74) is 0. The van der Waals surface area contributed by atoms with Crippen LogP contribution in [0.25, 0.3) is 0 Å². The molecule has 0 saturated carbocycles. The second kappa shape index (κ2) is 53.2. The highest BCUT2D eigenvalue weighted by molar-refractivity contribution is 5.22. The van der Waals surface area contributed by atoms with Gasteiger partial charge in [0.05, 0.1) is 0 Å². The van der Waals surface area contributed by atoms with Crippen LogP contribution in [0.3, 0.4) is 0 Å². The molecule has 0 spiro atoms. The van der Waals surface area contributed by atoms with Gasteiger partial charge >= 0.3 is 0 Å². The lowest BCUT2D eigenvalue weighted by Gasteiger charge is -1.59. The van der Waals surface area contributed by atoms with Crippen LogP contribution in [-0.4, -0.2) is 27.9 Å². The van der Waals surface area contributed by atoms with E-state index >= 15 is 0 Å². The minimum Gasteiger partial charge on any atom is -0.323 e. The van der Waals surface area contributed by atoms with Gasteiger partial charge in [-0.15, -0.1) is 6.58 Å². The van der Waals surface area contributed by atoms with Crippen LogP contribution in [0.4, 0.5) is 0 Å². The Morgan fingerprint density at radius 1 is 1.44 bits per heavy atom. The summed E-state index contributed by atoms with van der Waals surface area (Å²) >= 11 is 0. The van der Waals surface area contributed by atoms with E-state index in [9.17, 15) is 0 Å². The molecule has 0 aromatic heterocycles. The third-order valence-corrected chi connectivity index (χ3v) is 0. The van der Waals surface area contributed by atoms with Crippen LogP contribution in [0.1, 0.15) is 6.92 Å². The summed E-state index contributed by atoms with van der Waals surface area (Å²) in [7, 11) is 5.39. The van der Waals surface area contributed by atoms with Gasteiger partial charge in [0.1, 0.15) is 0 Å². The Morgan fingerprint density at radius 3 is 1.44 bits per heavy atom. The zero-order valence-corrected chi connectivity index (χ0v) is 6.94. The van der Waals surface area contributed by atoms with Crippen molar-refractivity contribution in [3.05, 3.63) is 12.7 Å². The standard InChI is InChI=1S/C3H6.C2H7N.C2H5N/c3*1-3-2/h3H,1H2,2H3;3H,1-2H3;1H2,2H3. The summed E-state index contributed by atoms with van der Waals surface area (Å²) in [4.78, 5) is 3.25. The van der Waals surface area contributed by atoms with Gasteiger partial charge in [0.25, 0.3) is 0 Å². The molecule has 0 heterocycles. The van der Waals surface area contributed by atoms with Crippen LogP contribution in [0.5, 0.6) is 0 Å². The first kappa shape index (κ1) is 15.8. The van der Waals surface area contributed by atoms with Gasteiger partial charge in [-0.05, 0) is 27.7 Å². The fraction of sp³-hybridized carbons (Fsp3) is 0.571. The molecule has 0 fully saturated rings. The summed E-state index contributed by atoms with van der Waals surface area (Å²) in [6, 6.07) is 0. The lowest BCUT2D eigenvalue weighted by atomic mass is 10.8. The van der Waals surface area contributed by atoms with E-state index in [4.69, 9.17) is 0 Å². The van der Waals surface area contributed by atoms with Crippen molar-refractivity contribution in [3.63, 3.8) is 0 Å². The lowest BCUT2D eigenvalue weighted by molar-refractivity contribution is 1.02. The van der Waals surface area contributed by atoms with Gasteiger partial charge < -0.3 is 10.3 Å². The van der Waals surface area contributed by atoms with Gasteiger partial charge in [-0.2, -0.15) is 0 Å². The SMILES string of the molecule is C=CC.C=NC.CNC. The van der Waals surface area contributed by atoms with E-state index in [1.165, 1.54) is 0 Å². The van der Waals surface area contributed by atoms with E-state index < -0.39 is 0 Å². The molecule has 2 nitrogen and oxygen atoms in total. The van der Waals surface area contributed by atoms with Crippen LogP contribution in [-0.2, 0) is 0 Å². The fourth-order valence-electron chi connectivity index (χ4n) is 0. The molecule has 0 aliphatic carbocycles. The van der Waals surface area contributed by atoms with Gasteiger partial charge in [-0.25, -0.2) is 0 Å². The second-order valence-corrected chi connectivity index (χ2v) is 1.22. The van der Waals surface area contributed by atoms with Crippen molar-refractivity contribution >= 4 is 6.72 Å². The predicted octanol–water partition coefficient (Wildman–Crippen LogP) is 1.34. The summed E-state index contributed by atoms with van der Waals surface area (Å²) in [6.07, 6.45) is 1.75. The Kier molecular flexibility index (Phi) is 93.3. The third-order valence-electron chi connectivity index (χ3n) is 0. The lowest BCUT2D eigenvalue weighted by Crippen LogP contribution is -1.89. The van der Waals surface area contributed by atoms with Gasteiger partial charge in [-0.3, -0.25) is 0 Å². The number of hydrogen-bond acceptors (Lipinski definition) is 2. The van der Waals surface area contributed by atoms with Crippen LogP contribution in [0.2, 0.25) is 0 Å². The Hall–Kier alpha value is -0.630. The monoisotopic (exact) mass is 130 g/mol. The second-order valence-electron chi connectivity index (χ2n) is 1.22. The largest absolute Gasteiger partial charge is 0.323 e. The fourth-order valence-corrected chi connectivity index (χ4v) is 0. The maximum absolute atomic E-state index is 3.36. The van der Waals surface area contributed by atoms with E-state index in [1.807, 2.05) is 21.0 Å². The Bertz CT molecular complexity index is 36.2. The first-order valence-electron chi connectivity index (χ1n) is 2.75. The number of hydrogen-bond donors (Lipinski definition) is 1. The molecular formula is C7H18N2. The molecule has 0 aromatic carbocycles. The maximum Gasteiger partial charge on any atom is 0.0269 e. The van der Waals surface area contributed by atoms with Crippen LogP contribution in [0.15, 0.2) is 17.6 Å². The molecule has 0 bridgehead atoms. The van der Waals surface area contributed by atoms with Crippen LogP contribution < -0.4 is 5.32 Å². The molecule has 0 amide bonds. The molecule has 2 heteroatoms. The molecular weight excluding hydrogens is 112 g/mol. The number of aliphatic imine (C=N–C) groups is 1. The van der Waals surface area contributed by atoms with Gasteiger partial charge in [0, 0.05) is 7.05 Å². The molecule has 0 radical (unpaired) electrons. The quantitative estimate of drug-likeness (QED) is 0.388. The first-order chi connectivity index (χ1) is 4.24. The maximum atomic E-state index is 3.36. The number of rotatable bonds is 0. The highest BCUT2D eigenvalue weighted by Gasteiger charge is 1.25. The molecule has 9 heavy (non-hydrogen) atoms. The number of nitrogens with one attached hydrogen (secondary N) is 1. The van der Waals surface area contributed by atoms with Crippen molar-refractivity contribution in [3.8, 4) is 0 Å². The number of allylic oxidation sites excluding steroid dienone is 1. The van der Waals surface area contributed by atoms with Crippen molar-refractivity contribution < 1.29 is 0 Å². The molecule has 0 unspecified atom stereocenters. The van der Waals surface area contributed by atoms with E-state index in [2.05, 4.69) is 23.6 Å². The molecule has 0 aliphatic rings. The Morgan fingerprint density at radius 2 is 1.44 bits per heavy atom. The molecule has 56 valence electrons. The van der Waals surface area contributed by atoms with E-state index in [0.717, 1.165) is 0 Å². The minimum absolute atomic E-state index is 1.64. The van der Waals surface area contributed by atoms with Crippen molar-refractivity contribution in [1.29, 1.82) is 0 Å². The Balaban J connectivity index is -0.0000000600. The topological polar surface area (TPSA) is 24.4 Å². The third kappa shape index (κ3) is 535. The van der Waals surface area contributed by atoms with Crippen LogP contribution >= 0.6 is 0 Å². The van der Waals surface area contributed by atoms with Crippen molar-refractivity contribution in [2.45, 2.75) is 6.92 Å². The van der Waals surface area contributed by atoms with Crippen molar-refractivity contribution in [2.75, 3.05) is 21.1 Å². The average Bonchev–Trinajstić information content (AvgIpc) is 1.70. The van der Waals surface area contributed by atoms with Crippen molar-refractivity contribution in [1.82, 2.24) is 5.32 Å². The van der Waals surface area contributed by atoms with Crippen LogP contribution in [0, 0.1) is 0 Å². The Labute approximate surface area is 58.7 Å². The predicted molar refractivity (Wildman–Crippen MR) is 46.3 cm³/mol. The highest BCUT2D eigenvalue weighted by atomic mass is 14.7. The number of nitrogens with zero attached hydrogens (tertiary/aromatic N) is 1. The minimum atomic E-state index is 1.64. The van der Waals surface area contributed by atoms with Gasteiger partial charge in [0.15, 0.2) is 0 Å². The summed E-state index contributed by atoms with van der Waals surface area (Å²) < 4.78 is 0. The molecule has 0 atom stereocenters. The van der Waals surface area contributed by atoms with Gasteiger partial charge in [-0.1, -0.05) is 6.08 Å². The zero-order valence-electron chi connectivity index (χ0n) is 6.94. The molecule has 0 rings (SSSR count). The molecule has 0 saturated heterocycles. The first-order valence-corrected chi connectivity index (χ1v) is 2.75. The zero-order chi connectivity index (χ0) is 8.12. The van der Waals surface area contributed by atoms with Gasteiger partial charge in [0.2, 0.25) is 0 Å². The highest BCUT2D eigenvalue weighted by Crippen LogP contribution is 1.38. The molecule has 0 aliphatic heterocycles. The molecule has 1 N–H and O–H groups in total. The van der Waals surface area contributed by atoms with E-state index in [-0.39, 0.29) is 0 Å². The summed E-state index contributed by atoms with van der Waals surface area (Å²) in [5, 5.41) is 2.75. The smallest absolute Gasteiger partial charge is 0.0269 e. The summed E-state index contributed by atoms with van der Waals surface area (Å²) in [6.45, 7) is 8.36. The van der Waals surface area contributed by atoms with E-state index in [1.54, 1.807) is 13.1 Å². The average molecular weight is 130 g/mol. The molecule has 0 aromatic rings. The summed E-state index contributed by atoms with van der Waals surface area (Å²) in [5.74, 6) is 0. The van der Waals surface area contributed by atoms with E-state index in [0.29, 0.717) is 0 Å². The van der Waals surface area contributed by atoms with Crippen molar-refractivity contribution in [2.24, 2.45) is 4.99 Å². The normalized spacial score (nSPS) is 4.89.